The fourth-order valence-electron chi connectivity index (χ4n) is 2.45. The average Bonchev–Trinajstić information content (AvgIpc) is 2.58. The highest BCUT2D eigenvalue weighted by atomic mass is 35.5. The van der Waals surface area contributed by atoms with Crippen molar-refractivity contribution < 1.29 is 18.4 Å². The van der Waals surface area contributed by atoms with Gasteiger partial charge in [-0.3, -0.25) is 9.59 Å². The van der Waals surface area contributed by atoms with Crippen LogP contribution in [0.2, 0.25) is 5.02 Å². The maximum absolute atomic E-state index is 13.9. The van der Waals surface area contributed by atoms with Crippen molar-refractivity contribution in [3.05, 3.63) is 64.7 Å². The molecule has 0 saturated heterocycles. The lowest BCUT2D eigenvalue weighted by Gasteiger charge is -2.21. The van der Waals surface area contributed by atoms with E-state index in [-0.39, 0.29) is 24.6 Å². The molecule has 0 bridgehead atoms. The third-order valence-corrected chi connectivity index (χ3v) is 4.04. The molecular formula is C19H19ClF2N2O2. The Balaban J connectivity index is 1.85. The molecule has 0 heterocycles. The Morgan fingerprint density at radius 3 is 2.42 bits per heavy atom. The van der Waals surface area contributed by atoms with Gasteiger partial charge in [-0.05, 0) is 36.2 Å². The molecule has 0 aliphatic carbocycles. The van der Waals surface area contributed by atoms with Crippen LogP contribution in [0.4, 0.5) is 14.5 Å². The Labute approximate surface area is 155 Å². The minimum absolute atomic E-state index is 0.00463. The highest BCUT2D eigenvalue weighted by Gasteiger charge is 2.17. The van der Waals surface area contributed by atoms with Gasteiger partial charge in [0.15, 0.2) is 0 Å². The quantitative estimate of drug-likeness (QED) is 0.795. The highest BCUT2D eigenvalue weighted by molar-refractivity contribution is 6.30. The van der Waals surface area contributed by atoms with Gasteiger partial charge in [-0.25, -0.2) is 8.78 Å². The summed E-state index contributed by atoms with van der Waals surface area (Å²) in [6.45, 7) is 1.71. The van der Waals surface area contributed by atoms with Crippen molar-refractivity contribution in [3.63, 3.8) is 0 Å². The minimum atomic E-state index is -0.844. The summed E-state index contributed by atoms with van der Waals surface area (Å²) in [5, 5.41) is 3.40. The summed E-state index contributed by atoms with van der Waals surface area (Å²) in [6, 6.07) is 10.3. The summed E-state index contributed by atoms with van der Waals surface area (Å²) >= 11 is 5.81. The van der Waals surface area contributed by atoms with Crippen molar-refractivity contribution in [1.29, 1.82) is 0 Å². The third kappa shape index (κ3) is 5.81. The molecule has 0 spiro atoms. The van der Waals surface area contributed by atoms with Gasteiger partial charge in [0, 0.05) is 37.5 Å². The van der Waals surface area contributed by atoms with Crippen LogP contribution in [-0.2, 0) is 16.0 Å². The number of nitrogens with zero attached hydrogens (tertiary/aromatic N) is 1. The van der Waals surface area contributed by atoms with E-state index < -0.39 is 17.5 Å². The molecule has 0 saturated carbocycles. The summed E-state index contributed by atoms with van der Waals surface area (Å²) in [5.41, 5.74) is 0.987. The van der Waals surface area contributed by atoms with Crippen LogP contribution >= 0.6 is 11.6 Å². The van der Waals surface area contributed by atoms with Crippen molar-refractivity contribution in [2.75, 3.05) is 18.0 Å². The topological polar surface area (TPSA) is 49.4 Å². The smallest absolute Gasteiger partial charge is 0.223 e. The lowest BCUT2D eigenvalue weighted by molar-refractivity contribution is -0.121. The van der Waals surface area contributed by atoms with Gasteiger partial charge in [0.05, 0.1) is 5.69 Å². The van der Waals surface area contributed by atoms with Crippen LogP contribution in [-0.4, -0.2) is 24.9 Å². The first kappa shape index (κ1) is 19.8. The Kier molecular flexibility index (Phi) is 7.09. The van der Waals surface area contributed by atoms with E-state index in [0.717, 1.165) is 16.5 Å². The first-order valence-electron chi connectivity index (χ1n) is 8.11. The van der Waals surface area contributed by atoms with Crippen LogP contribution in [0.25, 0.3) is 0 Å². The second kappa shape index (κ2) is 9.29. The number of hydrogen-bond acceptors (Lipinski definition) is 2. The maximum Gasteiger partial charge on any atom is 0.223 e. The zero-order chi connectivity index (χ0) is 19.1. The average molecular weight is 381 g/mol. The standard InChI is InChI=1S/C19H19ClF2N2O2/c1-13(25)24(18-7-6-16(21)12-17(18)22)11-9-19(26)23-10-8-14-2-4-15(20)5-3-14/h2-7,12H,8-11H2,1H3,(H,23,26). The van der Waals surface area contributed by atoms with E-state index in [0.29, 0.717) is 24.1 Å². The fraction of sp³-hybridized carbons (Fsp3) is 0.263. The van der Waals surface area contributed by atoms with E-state index in [1.807, 2.05) is 12.1 Å². The molecule has 2 aromatic carbocycles. The van der Waals surface area contributed by atoms with Crippen molar-refractivity contribution in [3.8, 4) is 0 Å². The van der Waals surface area contributed by atoms with Gasteiger partial charge < -0.3 is 10.2 Å². The predicted octanol–water partition coefficient (Wildman–Crippen LogP) is 3.72. The largest absolute Gasteiger partial charge is 0.356 e. The molecular weight excluding hydrogens is 362 g/mol. The first-order chi connectivity index (χ1) is 12.4. The Hall–Kier alpha value is -2.47. The first-order valence-corrected chi connectivity index (χ1v) is 8.49. The molecule has 0 aliphatic rings. The lowest BCUT2D eigenvalue weighted by Crippen LogP contribution is -2.35. The van der Waals surface area contributed by atoms with E-state index in [1.54, 1.807) is 12.1 Å². The van der Waals surface area contributed by atoms with Gasteiger partial charge in [-0.15, -0.1) is 0 Å². The number of halogens is 3. The van der Waals surface area contributed by atoms with Gasteiger partial charge in [0.2, 0.25) is 11.8 Å². The molecule has 0 aliphatic heterocycles. The van der Waals surface area contributed by atoms with Crippen LogP contribution in [0.3, 0.4) is 0 Å². The molecule has 0 fully saturated rings. The predicted molar refractivity (Wildman–Crippen MR) is 97.2 cm³/mol. The number of carbonyl (C=O) groups is 2. The second-order valence-corrected chi connectivity index (χ2v) is 6.18. The number of nitrogens with one attached hydrogen (secondary N) is 1. The molecule has 4 nitrogen and oxygen atoms in total. The van der Waals surface area contributed by atoms with Crippen LogP contribution in [0.1, 0.15) is 18.9 Å². The fourth-order valence-corrected chi connectivity index (χ4v) is 2.57. The van der Waals surface area contributed by atoms with Gasteiger partial charge in [-0.1, -0.05) is 23.7 Å². The van der Waals surface area contributed by atoms with E-state index >= 15 is 0 Å². The molecule has 26 heavy (non-hydrogen) atoms. The summed E-state index contributed by atoms with van der Waals surface area (Å²) in [7, 11) is 0. The van der Waals surface area contributed by atoms with Gasteiger partial charge in [-0.2, -0.15) is 0 Å². The third-order valence-electron chi connectivity index (χ3n) is 3.79. The Morgan fingerprint density at radius 2 is 1.81 bits per heavy atom. The van der Waals surface area contributed by atoms with Gasteiger partial charge in [0.1, 0.15) is 11.6 Å². The van der Waals surface area contributed by atoms with Crippen molar-refractivity contribution in [2.45, 2.75) is 19.8 Å². The van der Waals surface area contributed by atoms with Crippen LogP contribution in [0, 0.1) is 11.6 Å². The van der Waals surface area contributed by atoms with E-state index in [9.17, 15) is 18.4 Å². The number of anilines is 1. The molecule has 138 valence electrons. The lowest BCUT2D eigenvalue weighted by atomic mass is 10.1. The molecule has 2 amide bonds. The zero-order valence-electron chi connectivity index (χ0n) is 14.3. The molecule has 7 heteroatoms. The number of carbonyl (C=O) groups excluding carboxylic acids is 2. The molecule has 0 radical (unpaired) electrons. The summed E-state index contributed by atoms with van der Waals surface area (Å²) in [4.78, 5) is 24.8. The van der Waals surface area contributed by atoms with Crippen molar-refractivity contribution in [1.82, 2.24) is 5.32 Å². The molecule has 0 atom stereocenters. The van der Waals surface area contributed by atoms with Crippen LogP contribution in [0.15, 0.2) is 42.5 Å². The highest BCUT2D eigenvalue weighted by Crippen LogP contribution is 2.20. The van der Waals surface area contributed by atoms with Gasteiger partial charge in [0.25, 0.3) is 0 Å². The van der Waals surface area contributed by atoms with E-state index in [2.05, 4.69) is 5.32 Å². The minimum Gasteiger partial charge on any atom is -0.356 e. The Bertz CT molecular complexity index is 782. The molecule has 0 aromatic heterocycles. The van der Waals surface area contributed by atoms with Crippen LogP contribution in [0.5, 0.6) is 0 Å². The molecule has 1 N–H and O–H groups in total. The number of benzene rings is 2. The number of hydrogen-bond donors (Lipinski definition) is 1. The summed E-state index contributed by atoms with van der Waals surface area (Å²) in [6.07, 6.45) is 0.656. The van der Waals surface area contributed by atoms with Crippen molar-refractivity contribution >= 4 is 29.1 Å². The zero-order valence-corrected chi connectivity index (χ0v) is 15.0. The molecule has 2 rings (SSSR count). The van der Waals surface area contributed by atoms with E-state index in [4.69, 9.17) is 11.6 Å². The summed E-state index contributed by atoms with van der Waals surface area (Å²) < 4.78 is 26.9. The monoisotopic (exact) mass is 380 g/mol. The van der Waals surface area contributed by atoms with Gasteiger partial charge >= 0.3 is 0 Å². The van der Waals surface area contributed by atoms with Crippen molar-refractivity contribution in [2.24, 2.45) is 0 Å². The SMILES string of the molecule is CC(=O)N(CCC(=O)NCCc1ccc(Cl)cc1)c1ccc(F)cc1F. The number of amides is 2. The maximum atomic E-state index is 13.9. The normalized spacial score (nSPS) is 10.5. The Morgan fingerprint density at radius 1 is 1.12 bits per heavy atom. The number of rotatable bonds is 7. The van der Waals surface area contributed by atoms with E-state index in [1.165, 1.54) is 13.0 Å². The molecule has 2 aromatic rings. The van der Waals surface area contributed by atoms with Crippen LogP contribution < -0.4 is 10.2 Å². The second-order valence-electron chi connectivity index (χ2n) is 5.74. The summed E-state index contributed by atoms with van der Waals surface area (Å²) in [5.74, 6) is -2.25. The molecule has 0 unspecified atom stereocenters.